The third kappa shape index (κ3) is 3.90. The lowest BCUT2D eigenvalue weighted by Gasteiger charge is -2.02. The number of nitrogens with zero attached hydrogens (tertiary/aromatic N) is 2. The summed E-state index contributed by atoms with van der Waals surface area (Å²) in [6.45, 7) is 0. The van der Waals surface area contributed by atoms with Gasteiger partial charge in [0.15, 0.2) is 0 Å². The van der Waals surface area contributed by atoms with Crippen molar-refractivity contribution in [1.82, 2.24) is 4.98 Å². The molecule has 6 heteroatoms. The van der Waals surface area contributed by atoms with Gasteiger partial charge in [0, 0.05) is 16.0 Å². The summed E-state index contributed by atoms with van der Waals surface area (Å²) in [5.41, 5.74) is 10.1. The lowest BCUT2D eigenvalue weighted by molar-refractivity contribution is 0.797. The molecule has 0 aliphatic rings. The standard InChI is InChI=1S/C18H13Cl2N3S/c19-13-7-8-14(15(20)10-13)17-11-24-18(22-17)16(23-21)9-6-12-4-2-1-3-5-12/h1-11,16,21H. The molecule has 0 saturated carbocycles. The summed E-state index contributed by atoms with van der Waals surface area (Å²) in [6, 6.07) is 14.8. The van der Waals surface area contributed by atoms with Crippen LogP contribution in [0.1, 0.15) is 16.6 Å². The molecule has 2 aromatic carbocycles. The fourth-order valence-corrected chi connectivity index (χ4v) is 3.53. The van der Waals surface area contributed by atoms with Crippen molar-refractivity contribution in [1.29, 1.82) is 5.53 Å². The molecule has 1 N–H and O–H groups in total. The highest BCUT2D eigenvalue weighted by Gasteiger charge is 2.14. The maximum absolute atomic E-state index is 7.44. The fourth-order valence-electron chi connectivity index (χ4n) is 2.19. The Morgan fingerprint density at radius 3 is 2.62 bits per heavy atom. The van der Waals surface area contributed by atoms with Gasteiger partial charge in [-0.05, 0) is 23.8 Å². The van der Waals surface area contributed by atoms with Gasteiger partial charge >= 0.3 is 0 Å². The van der Waals surface area contributed by atoms with E-state index in [9.17, 15) is 0 Å². The van der Waals surface area contributed by atoms with E-state index < -0.39 is 6.04 Å². The van der Waals surface area contributed by atoms with Crippen LogP contribution in [-0.2, 0) is 0 Å². The van der Waals surface area contributed by atoms with Gasteiger partial charge in [-0.2, -0.15) is 5.11 Å². The van der Waals surface area contributed by atoms with E-state index in [2.05, 4.69) is 10.1 Å². The lowest BCUT2D eigenvalue weighted by Crippen LogP contribution is -1.90. The number of hydrogen-bond acceptors (Lipinski definition) is 4. The van der Waals surface area contributed by atoms with E-state index >= 15 is 0 Å². The zero-order valence-corrected chi connectivity index (χ0v) is 14.8. The summed E-state index contributed by atoms with van der Waals surface area (Å²) < 4.78 is 0. The second kappa shape index (κ2) is 7.71. The van der Waals surface area contributed by atoms with Crippen molar-refractivity contribution >= 4 is 40.6 Å². The highest BCUT2D eigenvalue weighted by molar-refractivity contribution is 7.10. The molecule has 0 bridgehead atoms. The van der Waals surface area contributed by atoms with Crippen molar-refractivity contribution < 1.29 is 0 Å². The summed E-state index contributed by atoms with van der Waals surface area (Å²) in [5.74, 6) is 0. The van der Waals surface area contributed by atoms with E-state index in [0.29, 0.717) is 10.0 Å². The molecule has 120 valence electrons. The van der Waals surface area contributed by atoms with Gasteiger partial charge in [-0.25, -0.2) is 10.5 Å². The molecule has 24 heavy (non-hydrogen) atoms. The molecule has 0 aliphatic carbocycles. The molecular weight excluding hydrogens is 361 g/mol. The van der Waals surface area contributed by atoms with Gasteiger partial charge in [0.1, 0.15) is 11.0 Å². The van der Waals surface area contributed by atoms with E-state index in [1.807, 2.05) is 53.9 Å². The first-order valence-electron chi connectivity index (χ1n) is 7.18. The average molecular weight is 374 g/mol. The molecule has 0 radical (unpaired) electrons. The Labute approximate surface area is 154 Å². The van der Waals surface area contributed by atoms with Crippen LogP contribution in [0.5, 0.6) is 0 Å². The largest absolute Gasteiger partial charge is 0.238 e. The van der Waals surface area contributed by atoms with E-state index in [1.165, 1.54) is 11.3 Å². The van der Waals surface area contributed by atoms with Crippen LogP contribution in [0.4, 0.5) is 0 Å². The van der Waals surface area contributed by atoms with Gasteiger partial charge in [-0.15, -0.1) is 11.3 Å². The minimum atomic E-state index is -0.407. The fraction of sp³-hybridized carbons (Fsp3) is 0.0556. The Balaban J connectivity index is 1.85. The van der Waals surface area contributed by atoms with Gasteiger partial charge < -0.3 is 0 Å². The van der Waals surface area contributed by atoms with Crippen molar-refractivity contribution in [3.8, 4) is 11.3 Å². The molecule has 3 nitrogen and oxygen atoms in total. The van der Waals surface area contributed by atoms with Crippen molar-refractivity contribution in [2.45, 2.75) is 6.04 Å². The van der Waals surface area contributed by atoms with Crippen LogP contribution < -0.4 is 0 Å². The van der Waals surface area contributed by atoms with Crippen LogP contribution in [0.25, 0.3) is 17.3 Å². The van der Waals surface area contributed by atoms with E-state index in [4.69, 9.17) is 28.7 Å². The zero-order chi connectivity index (χ0) is 16.9. The summed E-state index contributed by atoms with van der Waals surface area (Å²) in [6.07, 6.45) is 3.81. The van der Waals surface area contributed by atoms with Crippen molar-refractivity contribution in [2.75, 3.05) is 0 Å². The van der Waals surface area contributed by atoms with E-state index in [-0.39, 0.29) is 0 Å². The quantitative estimate of drug-likeness (QED) is 0.485. The molecule has 1 heterocycles. The molecule has 0 spiro atoms. The molecule has 0 fully saturated rings. The van der Waals surface area contributed by atoms with Gasteiger partial charge in [0.25, 0.3) is 0 Å². The molecule has 3 aromatic rings. The minimum Gasteiger partial charge on any atom is -0.238 e. The van der Waals surface area contributed by atoms with Crippen LogP contribution in [0.2, 0.25) is 10.0 Å². The first-order valence-corrected chi connectivity index (χ1v) is 8.81. The normalized spacial score (nSPS) is 12.4. The number of halogens is 2. The first kappa shape index (κ1) is 16.8. The highest BCUT2D eigenvalue weighted by atomic mass is 35.5. The van der Waals surface area contributed by atoms with Crippen molar-refractivity contribution in [3.63, 3.8) is 0 Å². The van der Waals surface area contributed by atoms with Crippen LogP contribution in [0, 0.1) is 5.53 Å². The number of hydrogen-bond donors (Lipinski definition) is 1. The third-order valence-electron chi connectivity index (χ3n) is 3.39. The SMILES string of the molecule is N=NC(C=Cc1ccccc1)c1nc(-c2ccc(Cl)cc2Cl)cs1. The Hall–Kier alpha value is -2.01. The number of nitrogens with one attached hydrogen (secondary N) is 1. The smallest absolute Gasteiger partial charge is 0.140 e. The number of aromatic nitrogens is 1. The topological polar surface area (TPSA) is 49.1 Å². The summed E-state index contributed by atoms with van der Waals surface area (Å²) >= 11 is 13.6. The molecule has 1 unspecified atom stereocenters. The van der Waals surface area contributed by atoms with Crippen LogP contribution in [0.3, 0.4) is 0 Å². The van der Waals surface area contributed by atoms with Crippen molar-refractivity contribution in [2.24, 2.45) is 5.11 Å². The Bertz CT molecular complexity index is 875. The predicted octanol–water partition coefficient (Wildman–Crippen LogP) is 6.90. The monoisotopic (exact) mass is 373 g/mol. The van der Waals surface area contributed by atoms with Crippen LogP contribution >= 0.6 is 34.5 Å². The number of benzene rings is 2. The van der Waals surface area contributed by atoms with Crippen molar-refractivity contribution in [3.05, 3.63) is 80.6 Å². The van der Waals surface area contributed by atoms with Gasteiger partial charge in [0.05, 0.1) is 10.7 Å². The molecule has 3 rings (SSSR count). The Kier molecular flexibility index (Phi) is 5.41. The van der Waals surface area contributed by atoms with E-state index in [1.54, 1.807) is 12.1 Å². The number of thiazole rings is 1. The summed E-state index contributed by atoms with van der Waals surface area (Å²) in [7, 11) is 0. The highest BCUT2D eigenvalue weighted by Crippen LogP contribution is 2.33. The number of rotatable bonds is 5. The second-order valence-electron chi connectivity index (χ2n) is 5.04. The predicted molar refractivity (Wildman–Crippen MR) is 101 cm³/mol. The Morgan fingerprint density at radius 1 is 1.12 bits per heavy atom. The Morgan fingerprint density at radius 2 is 1.92 bits per heavy atom. The molecule has 0 saturated heterocycles. The maximum atomic E-state index is 7.44. The molecule has 0 aliphatic heterocycles. The zero-order valence-electron chi connectivity index (χ0n) is 12.5. The molecule has 1 atom stereocenters. The first-order chi connectivity index (χ1) is 11.7. The third-order valence-corrected chi connectivity index (χ3v) is 4.85. The summed E-state index contributed by atoms with van der Waals surface area (Å²) in [5, 5.41) is 7.48. The van der Waals surface area contributed by atoms with Gasteiger partial charge in [-0.1, -0.05) is 65.7 Å². The second-order valence-corrected chi connectivity index (χ2v) is 6.77. The van der Waals surface area contributed by atoms with Crippen LogP contribution in [0.15, 0.2) is 65.1 Å². The van der Waals surface area contributed by atoms with E-state index in [0.717, 1.165) is 21.8 Å². The molecule has 0 amide bonds. The van der Waals surface area contributed by atoms with Crippen LogP contribution in [-0.4, -0.2) is 4.98 Å². The van der Waals surface area contributed by atoms with Gasteiger partial charge in [-0.3, -0.25) is 0 Å². The maximum Gasteiger partial charge on any atom is 0.140 e. The minimum absolute atomic E-state index is 0.407. The summed E-state index contributed by atoms with van der Waals surface area (Å²) in [4.78, 5) is 4.58. The average Bonchev–Trinajstić information content (AvgIpc) is 3.06. The lowest BCUT2D eigenvalue weighted by atomic mass is 10.1. The molecular formula is C18H13Cl2N3S. The molecule has 1 aromatic heterocycles. The van der Waals surface area contributed by atoms with Gasteiger partial charge in [0.2, 0.25) is 0 Å².